The Morgan fingerprint density at radius 3 is 1.64 bits per heavy atom. The lowest BCUT2D eigenvalue weighted by molar-refractivity contribution is -0.0532. The molecule has 2 saturated heterocycles. The van der Waals surface area contributed by atoms with Crippen LogP contribution in [0.3, 0.4) is 0 Å². The molecule has 2 fully saturated rings. The van der Waals surface area contributed by atoms with Crippen LogP contribution in [0.2, 0.25) is 0 Å². The fraction of sp³-hybridized carbons (Fsp3) is 1.00. The monoisotopic (exact) mass is 393 g/mol. The third kappa shape index (κ3) is 5.13. The number of nitrogens with zero attached hydrogens (tertiary/aromatic N) is 3. The van der Waals surface area contributed by atoms with Crippen molar-refractivity contribution in [3.05, 3.63) is 0 Å². The van der Waals surface area contributed by atoms with Crippen molar-refractivity contribution in [2.45, 2.75) is 99.1 Å². The van der Waals surface area contributed by atoms with Gasteiger partial charge in [-0.25, -0.2) is 0 Å². The van der Waals surface area contributed by atoms with E-state index in [1.54, 1.807) is 0 Å². The van der Waals surface area contributed by atoms with E-state index in [-0.39, 0.29) is 11.1 Å². The molecule has 2 aliphatic heterocycles. The van der Waals surface area contributed by atoms with Gasteiger partial charge in [-0.15, -0.1) is 0 Å². The number of likely N-dealkylation sites (tertiary alicyclic amines) is 1. The maximum Gasteiger partial charge on any atom is 0.0205 e. The first-order chi connectivity index (χ1) is 12.7. The highest BCUT2D eigenvalue weighted by Gasteiger charge is 2.44. The molecule has 0 bridgehead atoms. The number of hydrogen-bond donors (Lipinski definition) is 0. The predicted molar refractivity (Wildman–Crippen MR) is 124 cm³/mol. The van der Waals surface area contributed by atoms with Crippen LogP contribution in [0.4, 0.5) is 0 Å². The van der Waals surface area contributed by atoms with E-state index < -0.39 is 0 Å². The molecule has 0 spiro atoms. The van der Waals surface area contributed by atoms with Crippen molar-refractivity contribution in [3.63, 3.8) is 0 Å². The Kier molecular flexibility index (Phi) is 7.38. The average molecular weight is 394 g/mol. The lowest BCUT2D eigenvalue weighted by Crippen LogP contribution is -2.63. The third-order valence-corrected chi connectivity index (χ3v) is 9.18. The summed E-state index contributed by atoms with van der Waals surface area (Å²) in [5, 5.41) is 0. The smallest absolute Gasteiger partial charge is 0.0205 e. The average Bonchev–Trinajstić information content (AvgIpc) is 2.61. The molecule has 0 aromatic carbocycles. The second-order valence-electron chi connectivity index (χ2n) is 12.3. The van der Waals surface area contributed by atoms with Crippen molar-refractivity contribution in [1.82, 2.24) is 14.7 Å². The van der Waals surface area contributed by atoms with Gasteiger partial charge in [-0.2, -0.15) is 0 Å². The van der Waals surface area contributed by atoms with E-state index in [0.717, 1.165) is 5.92 Å². The van der Waals surface area contributed by atoms with Gasteiger partial charge < -0.3 is 4.90 Å². The van der Waals surface area contributed by atoms with Crippen LogP contribution in [0.25, 0.3) is 0 Å². The minimum absolute atomic E-state index is 0.255. The molecule has 0 amide bonds. The Hall–Kier alpha value is -0.120. The Bertz CT molecular complexity index is 490. The molecule has 0 aliphatic carbocycles. The zero-order valence-corrected chi connectivity index (χ0v) is 21.0. The number of rotatable bonds is 7. The van der Waals surface area contributed by atoms with Gasteiger partial charge in [-0.05, 0) is 90.3 Å². The van der Waals surface area contributed by atoms with Gasteiger partial charge in [0.1, 0.15) is 0 Å². The zero-order chi connectivity index (χ0) is 21.4. The summed E-state index contributed by atoms with van der Waals surface area (Å²) in [4.78, 5) is 8.04. The maximum atomic E-state index is 2.79. The summed E-state index contributed by atoms with van der Waals surface area (Å²) in [6, 6.07) is 0. The molecule has 2 aliphatic rings. The van der Waals surface area contributed by atoms with Gasteiger partial charge in [0.2, 0.25) is 0 Å². The first kappa shape index (κ1) is 24.2. The Morgan fingerprint density at radius 2 is 1.18 bits per heavy atom. The van der Waals surface area contributed by atoms with Crippen LogP contribution in [0.1, 0.15) is 88.0 Å². The van der Waals surface area contributed by atoms with Gasteiger partial charge in [-0.1, -0.05) is 34.6 Å². The van der Waals surface area contributed by atoms with Gasteiger partial charge in [0.15, 0.2) is 0 Å². The van der Waals surface area contributed by atoms with E-state index in [1.807, 2.05) is 0 Å². The molecule has 0 radical (unpaired) electrons. The lowest BCUT2D eigenvalue weighted by atomic mass is 9.67. The minimum atomic E-state index is 0.255. The summed E-state index contributed by atoms with van der Waals surface area (Å²) >= 11 is 0. The van der Waals surface area contributed by atoms with Crippen molar-refractivity contribution < 1.29 is 0 Å². The third-order valence-electron chi connectivity index (χ3n) is 9.18. The molecule has 28 heavy (non-hydrogen) atoms. The van der Waals surface area contributed by atoms with E-state index in [4.69, 9.17) is 0 Å². The molecule has 166 valence electrons. The number of piperazine rings is 1. The van der Waals surface area contributed by atoms with Crippen LogP contribution >= 0.6 is 0 Å². The SMILES string of the molecule is CCC(C)(C)C(C)(C)N1CCN(C(C)(C)CC(C)(C)C2CCN(C)CC2)CC1. The largest absolute Gasteiger partial charge is 0.306 e. The quantitative estimate of drug-likeness (QED) is 0.577. The lowest BCUT2D eigenvalue weighted by Gasteiger charge is -2.55. The number of hydrogen-bond acceptors (Lipinski definition) is 3. The van der Waals surface area contributed by atoms with Crippen molar-refractivity contribution in [3.8, 4) is 0 Å². The van der Waals surface area contributed by atoms with Crippen LogP contribution in [0.5, 0.6) is 0 Å². The minimum Gasteiger partial charge on any atom is -0.306 e. The molecule has 2 heterocycles. The Labute approximate surface area is 177 Å². The van der Waals surface area contributed by atoms with Crippen molar-refractivity contribution >= 4 is 0 Å². The van der Waals surface area contributed by atoms with Crippen LogP contribution < -0.4 is 0 Å². The first-order valence-electron chi connectivity index (χ1n) is 11.9. The second kappa shape index (κ2) is 8.55. The summed E-state index contributed by atoms with van der Waals surface area (Å²) in [6.07, 6.45) is 5.27. The van der Waals surface area contributed by atoms with E-state index in [0.29, 0.717) is 10.8 Å². The topological polar surface area (TPSA) is 9.72 Å². The highest BCUT2D eigenvalue weighted by atomic mass is 15.3. The molecular formula is C25H51N3. The molecule has 0 aromatic heterocycles. The Balaban J connectivity index is 1.97. The fourth-order valence-corrected chi connectivity index (χ4v) is 5.89. The van der Waals surface area contributed by atoms with E-state index in [2.05, 4.69) is 84.1 Å². The first-order valence-corrected chi connectivity index (χ1v) is 11.9. The summed E-state index contributed by atoms with van der Waals surface area (Å²) < 4.78 is 0. The summed E-state index contributed by atoms with van der Waals surface area (Å²) in [5.74, 6) is 0.869. The van der Waals surface area contributed by atoms with E-state index in [9.17, 15) is 0 Å². The number of piperidine rings is 1. The maximum absolute atomic E-state index is 2.79. The van der Waals surface area contributed by atoms with Crippen LogP contribution in [-0.4, -0.2) is 72.1 Å². The van der Waals surface area contributed by atoms with Gasteiger partial charge in [0, 0.05) is 37.3 Å². The van der Waals surface area contributed by atoms with Crippen LogP contribution in [-0.2, 0) is 0 Å². The van der Waals surface area contributed by atoms with Gasteiger partial charge in [0.05, 0.1) is 0 Å². The van der Waals surface area contributed by atoms with Crippen molar-refractivity contribution in [2.24, 2.45) is 16.7 Å². The van der Waals surface area contributed by atoms with Crippen LogP contribution in [0.15, 0.2) is 0 Å². The molecule has 0 unspecified atom stereocenters. The predicted octanol–water partition coefficient (Wildman–Crippen LogP) is 5.36. The van der Waals surface area contributed by atoms with Gasteiger partial charge >= 0.3 is 0 Å². The molecule has 3 nitrogen and oxygen atoms in total. The Morgan fingerprint density at radius 1 is 0.714 bits per heavy atom. The van der Waals surface area contributed by atoms with Crippen molar-refractivity contribution in [1.29, 1.82) is 0 Å². The zero-order valence-electron chi connectivity index (χ0n) is 21.0. The normalized spacial score (nSPS) is 23.4. The highest BCUT2D eigenvalue weighted by Crippen LogP contribution is 2.43. The molecule has 0 aromatic rings. The summed E-state index contributed by atoms with van der Waals surface area (Å²) in [5.41, 5.74) is 1.31. The summed E-state index contributed by atoms with van der Waals surface area (Å²) in [7, 11) is 2.27. The molecule has 3 heteroatoms. The van der Waals surface area contributed by atoms with E-state index in [1.165, 1.54) is 65.0 Å². The van der Waals surface area contributed by atoms with Crippen LogP contribution in [0, 0.1) is 16.7 Å². The molecule has 0 N–H and O–H groups in total. The standard InChI is InChI=1S/C25H51N3/c1-11-23(4,5)25(8,9)28-18-16-27(17-19-28)24(6,7)20-22(2,3)21-12-14-26(10)15-13-21/h21H,11-20H2,1-10H3. The van der Waals surface area contributed by atoms with Gasteiger partial charge in [0.25, 0.3) is 0 Å². The highest BCUT2D eigenvalue weighted by molar-refractivity contribution is 4.99. The fourth-order valence-electron chi connectivity index (χ4n) is 5.89. The second-order valence-corrected chi connectivity index (χ2v) is 12.3. The van der Waals surface area contributed by atoms with Crippen molar-refractivity contribution in [2.75, 3.05) is 46.3 Å². The molecule has 0 atom stereocenters. The van der Waals surface area contributed by atoms with E-state index >= 15 is 0 Å². The molecule has 2 rings (SSSR count). The summed E-state index contributed by atoms with van der Waals surface area (Å²) in [6.45, 7) is 29.6. The molecule has 0 saturated carbocycles. The van der Waals surface area contributed by atoms with Gasteiger partial charge in [-0.3, -0.25) is 9.80 Å². The molecular weight excluding hydrogens is 342 g/mol.